The molecule has 1 atom stereocenters. The number of nitrogens with two attached hydrogens (primary N) is 1. The number of rotatable bonds is 6. The van der Waals surface area contributed by atoms with Gasteiger partial charge in [-0.15, -0.1) is 0 Å². The first-order chi connectivity index (χ1) is 13.1. The van der Waals surface area contributed by atoms with E-state index in [-0.39, 0.29) is 23.3 Å². The minimum absolute atomic E-state index is 0.00931. The highest BCUT2D eigenvalue weighted by atomic mass is 16.2. The van der Waals surface area contributed by atoms with Crippen LogP contribution in [0.15, 0.2) is 30.3 Å². The van der Waals surface area contributed by atoms with E-state index in [2.05, 4.69) is 5.32 Å². The predicted octanol–water partition coefficient (Wildman–Crippen LogP) is 3.10. The van der Waals surface area contributed by atoms with Gasteiger partial charge in [0.05, 0.1) is 0 Å². The van der Waals surface area contributed by atoms with Crippen LogP contribution < -0.4 is 11.1 Å². The fourth-order valence-electron chi connectivity index (χ4n) is 4.62. The molecule has 1 aliphatic heterocycles. The highest BCUT2D eigenvalue weighted by Gasteiger charge is 2.36. The normalized spacial score (nSPS) is 22.3. The number of nitrogens with one attached hydrogen (secondary N) is 1. The zero-order valence-electron chi connectivity index (χ0n) is 16.3. The summed E-state index contributed by atoms with van der Waals surface area (Å²) in [6.45, 7) is 1.92. The van der Waals surface area contributed by atoms with E-state index in [1.54, 1.807) is 0 Å². The lowest BCUT2D eigenvalue weighted by atomic mass is 9.71. The van der Waals surface area contributed by atoms with Crippen molar-refractivity contribution in [3.63, 3.8) is 0 Å². The average molecular weight is 372 g/mol. The van der Waals surface area contributed by atoms with Crippen LogP contribution in [-0.4, -0.2) is 42.4 Å². The van der Waals surface area contributed by atoms with Gasteiger partial charge in [0, 0.05) is 31.1 Å². The van der Waals surface area contributed by atoms with Crippen molar-refractivity contribution in [1.82, 2.24) is 10.2 Å². The number of carbonyl (C=O) groups excluding carboxylic acids is 2. The number of hydrogen-bond donors (Lipinski definition) is 2. The van der Waals surface area contributed by atoms with Crippen LogP contribution in [0.2, 0.25) is 0 Å². The van der Waals surface area contributed by atoms with Crippen LogP contribution >= 0.6 is 0 Å². The lowest BCUT2D eigenvalue weighted by Crippen LogP contribution is -2.51. The molecule has 27 heavy (non-hydrogen) atoms. The van der Waals surface area contributed by atoms with Crippen LogP contribution in [0, 0.1) is 5.41 Å². The molecule has 3 rings (SSSR count). The summed E-state index contributed by atoms with van der Waals surface area (Å²) < 4.78 is 0. The zero-order chi connectivity index (χ0) is 19.1. The lowest BCUT2D eigenvalue weighted by Gasteiger charge is -2.41. The molecule has 0 aromatic heterocycles. The van der Waals surface area contributed by atoms with Crippen molar-refractivity contribution in [2.45, 2.75) is 63.8 Å². The van der Waals surface area contributed by atoms with Crippen molar-refractivity contribution in [2.24, 2.45) is 11.1 Å². The zero-order valence-corrected chi connectivity index (χ0v) is 16.3. The van der Waals surface area contributed by atoms with Crippen molar-refractivity contribution >= 4 is 11.8 Å². The molecule has 1 unspecified atom stereocenters. The fourth-order valence-corrected chi connectivity index (χ4v) is 4.62. The molecule has 5 nitrogen and oxygen atoms in total. The molecule has 148 valence electrons. The van der Waals surface area contributed by atoms with Gasteiger partial charge in [0.25, 0.3) is 5.91 Å². The van der Waals surface area contributed by atoms with Crippen LogP contribution in [0.3, 0.4) is 0 Å². The van der Waals surface area contributed by atoms with Crippen molar-refractivity contribution in [3.05, 3.63) is 35.9 Å². The summed E-state index contributed by atoms with van der Waals surface area (Å²) in [5.74, 6) is 0.153. The summed E-state index contributed by atoms with van der Waals surface area (Å²) in [6.07, 6.45) is 9.43. The molecule has 0 bridgehead atoms. The van der Waals surface area contributed by atoms with E-state index in [4.69, 9.17) is 5.73 Å². The number of benzene rings is 1. The van der Waals surface area contributed by atoms with Crippen molar-refractivity contribution < 1.29 is 9.59 Å². The smallest absolute Gasteiger partial charge is 0.251 e. The van der Waals surface area contributed by atoms with Gasteiger partial charge < -0.3 is 16.0 Å². The highest BCUT2D eigenvalue weighted by Crippen LogP contribution is 2.39. The summed E-state index contributed by atoms with van der Waals surface area (Å²) >= 11 is 0. The molecule has 5 heteroatoms. The molecule has 2 amide bonds. The Morgan fingerprint density at radius 3 is 2.52 bits per heavy atom. The number of carbonyl (C=O) groups is 2. The van der Waals surface area contributed by atoms with E-state index in [1.165, 1.54) is 19.3 Å². The van der Waals surface area contributed by atoms with Crippen molar-refractivity contribution in [1.29, 1.82) is 0 Å². The second-order valence-corrected chi connectivity index (χ2v) is 8.25. The van der Waals surface area contributed by atoms with Crippen LogP contribution in [0.1, 0.15) is 68.1 Å². The second-order valence-electron chi connectivity index (χ2n) is 8.25. The first-order valence-corrected chi connectivity index (χ1v) is 10.5. The molecule has 1 aromatic rings. The number of hydrogen-bond acceptors (Lipinski definition) is 3. The SMILES string of the molecule is NCC1(CC(=O)N2CCCCC2CNC(=O)c2ccccc2)CCCCC1. The number of amides is 2. The van der Waals surface area contributed by atoms with Crippen LogP contribution in [0.5, 0.6) is 0 Å². The first kappa shape index (κ1) is 19.9. The fraction of sp³-hybridized carbons (Fsp3) is 0.636. The molecule has 1 aromatic carbocycles. The molecule has 1 aliphatic carbocycles. The van der Waals surface area contributed by atoms with Gasteiger partial charge in [0.1, 0.15) is 0 Å². The van der Waals surface area contributed by atoms with E-state index >= 15 is 0 Å². The van der Waals surface area contributed by atoms with Gasteiger partial charge in [-0.1, -0.05) is 37.5 Å². The van der Waals surface area contributed by atoms with Gasteiger partial charge in [0.2, 0.25) is 5.91 Å². The topological polar surface area (TPSA) is 75.4 Å². The molecule has 2 fully saturated rings. The van der Waals surface area contributed by atoms with E-state index < -0.39 is 0 Å². The van der Waals surface area contributed by atoms with Crippen molar-refractivity contribution in [3.8, 4) is 0 Å². The van der Waals surface area contributed by atoms with Gasteiger partial charge in [-0.2, -0.15) is 0 Å². The monoisotopic (exact) mass is 371 g/mol. The summed E-state index contributed by atoms with van der Waals surface area (Å²) in [6, 6.07) is 9.35. The lowest BCUT2D eigenvalue weighted by molar-refractivity contribution is -0.137. The van der Waals surface area contributed by atoms with Crippen LogP contribution in [-0.2, 0) is 4.79 Å². The largest absolute Gasteiger partial charge is 0.350 e. The Balaban J connectivity index is 1.59. The molecule has 3 N–H and O–H groups in total. The van der Waals surface area contributed by atoms with Crippen LogP contribution in [0.4, 0.5) is 0 Å². The summed E-state index contributed by atoms with van der Waals surface area (Å²) in [7, 11) is 0. The van der Waals surface area contributed by atoms with E-state index in [0.717, 1.165) is 38.6 Å². The standard InChI is InChI=1S/C22H33N3O2/c23-17-22(12-6-2-7-13-22)15-20(26)25-14-8-5-11-19(25)16-24-21(27)18-9-3-1-4-10-18/h1,3-4,9-10,19H,2,5-8,11-17,23H2,(H,24,27). The Hall–Kier alpha value is -1.88. The number of piperidine rings is 1. The van der Waals surface area contributed by atoms with E-state index in [0.29, 0.717) is 25.1 Å². The molecule has 0 spiro atoms. The highest BCUT2D eigenvalue weighted by molar-refractivity contribution is 5.94. The maximum Gasteiger partial charge on any atom is 0.251 e. The number of nitrogens with zero attached hydrogens (tertiary/aromatic N) is 1. The minimum Gasteiger partial charge on any atom is -0.350 e. The van der Waals surface area contributed by atoms with E-state index in [9.17, 15) is 9.59 Å². The third kappa shape index (κ3) is 5.10. The quantitative estimate of drug-likeness (QED) is 0.807. The maximum absolute atomic E-state index is 13.1. The Bertz CT molecular complexity index is 626. The molecule has 1 heterocycles. The first-order valence-electron chi connectivity index (χ1n) is 10.5. The Morgan fingerprint density at radius 2 is 1.81 bits per heavy atom. The molecular weight excluding hydrogens is 338 g/mol. The van der Waals surface area contributed by atoms with Gasteiger partial charge in [-0.3, -0.25) is 9.59 Å². The minimum atomic E-state index is -0.0701. The van der Waals surface area contributed by atoms with Crippen molar-refractivity contribution in [2.75, 3.05) is 19.6 Å². The Morgan fingerprint density at radius 1 is 1.07 bits per heavy atom. The summed E-state index contributed by atoms with van der Waals surface area (Å²) in [4.78, 5) is 27.5. The third-order valence-corrected chi connectivity index (χ3v) is 6.36. The van der Waals surface area contributed by atoms with E-state index in [1.807, 2.05) is 35.2 Å². The van der Waals surface area contributed by atoms with Crippen LogP contribution in [0.25, 0.3) is 0 Å². The predicted molar refractivity (Wildman–Crippen MR) is 107 cm³/mol. The third-order valence-electron chi connectivity index (χ3n) is 6.36. The van der Waals surface area contributed by atoms with Gasteiger partial charge >= 0.3 is 0 Å². The summed E-state index contributed by atoms with van der Waals surface area (Å²) in [5, 5.41) is 3.02. The average Bonchev–Trinajstić information content (AvgIpc) is 2.73. The van der Waals surface area contributed by atoms with Gasteiger partial charge in [-0.25, -0.2) is 0 Å². The maximum atomic E-state index is 13.1. The summed E-state index contributed by atoms with van der Waals surface area (Å²) in [5.41, 5.74) is 6.74. The Kier molecular flexibility index (Phi) is 6.89. The molecule has 1 saturated carbocycles. The van der Waals surface area contributed by atoms with Gasteiger partial charge in [-0.05, 0) is 56.2 Å². The number of likely N-dealkylation sites (tertiary alicyclic amines) is 1. The molecule has 1 saturated heterocycles. The second kappa shape index (κ2) is 9.36. The van der Waals surface area contributed by atoms with Gasteiger partial charge in [0.15, 0.2) is 0 Å². The molecular formula is C22H33N3O2. The molecule has 2 aliphatic rings. The Labute approximate surface area is 162 Å². The molecule has 0 radical (unpaired) electrons.